The zero-order valence-electron chi connectivity index (χ0n) is 11.7. The van der Waals surface area contributed by atoms with E-state index in [2.05, 4.69) is 47.8 Å². The molecule has 0 bridgehead atoms. The minimum absolute atomic E-state index is 0.193. The Morgan fingerprint density at radius 2 is 2.06 bits per heavy atom. The lowest BCUT2D eigenvalue weighted by molar-refractivity contribution is 0.138. The SMILES string of the molecule is Cc1nc(N2CCN(C)C(C)(C)C2)ccc1CCl. The molecule has 0 radical (unpaired) electrons. The summed E-state index contributed by atoms with van der Waals surface area (Å²) in [5, 5.41) is 0. The van der Waals surface area contributed by atoms with Crippen LogP contribution in [0, 0.1) is 6.92 Å². The van der Waals surface area contributed by atoms with Crippen LogP contribution >= 0.6 is 11.6 Å². The minimum Gasteiger partial charge on any atom is -0.353 e. The van der Waals surface area contributed by atoms with E-state index in [0.29, 0.717) is 5.88 Å². The Hall–Kier alpha value is -0.800. The topological polar surface area (TPSA) is 19.4 Å². The predicted octanol–water partition coefficient (Wildman–Crippen LogP) is 2.66. The molecule has 0 spiro atoms. The molecule has 2 heterocycles. The Balaban J connectivity index is 2.20. The molecule has 0 unspecified atom stereocenters. The zero-order chi connectivity index (χ0) is 13.3. The van der Waals surface area contributed by atoms with E-state index >= 15 is 0 Å². The molecule has 4 heteroatoms. The van der Waals surface area contributed by atoms with Gasteiger partial charge in [-0.3, -0.25) is 4.90 Å². The average Bonchev–Trinajstić information content (AvgIpc) is 2.32. The number of rotatable bonds is 2. The monoisotopic (exact) mass is 267 g/mol. The molecule has 0 atom stereocenters. The Kier molecular flexibility index (Phi) is 3.83. The smallest absolute Gasteiger partial charge is 0.128 e. The Morgan fingerprint density at radius 1 is 1.33 bits per heavy atom. The maximum atomic E-state index is 5.87. The van der Waals surface area contributed by atoms with Crippen molar-refractivity contribution >= 4 is 17.4 Å². The summed E-state index contributed by atoms with van der Waals surface area (Å²) in [6, 6.07) is 4.18. The Labute approximate surface area is 115 Å². The normalized spacial score (nSPS) is 20.2. The van der Waals surface area contributed by atoms with Crippen molar-refractivity contribution in [2.45, 2.75) is 32.2 Å². The molecule has 1 aliphatic heterocycles. The molecule has 1 saturated heterocycles. The van der Waals surface area contributed by atoms with Gasteiger partial charge in [-0.15, -0.1) is 11.6 Å². The quantitative estimate of drug-likeness (QED) is 0.768. The second kappa shape index (κ2) is 5.06. The van der Waals surface area contributed by atoms with Crippen LogP contribution in [0.3, 0.4) is 0 Å². The van der Waals surface area contributed by atoms with Crippen molar-refractivity contribution in [3.8, 4) is 0 Å². The highest BCUT2D eigenvalue weighted by atomic mass is 35.5. The molecule has 1 fully saturated rings. The second-order valence-corrected chi connectivity index (χ2v) is 5.97. The van der Waals surface area contributed by atoms with E-state index in [-0.39, 0.29) is 5.54 Å². The molecule has 3 nitrogen and oxygen atoms in total. The molecule has 2 rings (SSSR count). The molecule has 0 amide bonds. The molecule has 0 aromatic carbocycles. The first-order valence-electron chi connectivity index (χ1n) is 6.43. The number of aromatic nitrogens is 1. The first-order valence-corrected chi connectivity index (χ1v) is 6.96. The summed E-state index contributed by atoms with van der Waals surface area (Å²) in [6.45, 7) is 9.70. The third-order valence-electron chi connectivity index (χ3n) is 3.97. The molecule has 0 aliphatic carbocycles. The van der Waals surface area contributed by atoms with E-state index in [1.165, 1.54) is 0 Å². The van der Waals surface area contributed by atoms with Crippen LogP contribution in [0.1, 0.15) is 25.1 Å². The van der Waals surface area contributed by atoms with E-state index in [1.807, 2.05) is 6.92 Å². The summed E-state index contributed by atoms with van der Waals surface area (Å²) in [4.78, 5) is 9.45. The van der Waals surface area contributed by atoms with Crippen LogP contribution in [0.4, 0.5) is 5.82 Å². The molecule has 1 aromatic rings. The fraction of sp³-hybridized carbons (Fsp3) is 0.643. The molecule has 1 aromatic heterocycles. The summed E-state index contributed by atoms with van der Waals surface area (Å²) in [7, 11) is 2.19. The molecule has 1 aliphatic rings. The third-order valence-corrected chi connectivity index (χ3v) is 4.25. The van der Waals surface area contributed by atoms with Crippen LogP contribution in [0.25, 0.3) is 0 Å². The number of hydrogen-bond donors (Lipinski definition) is 0. The third kappa shape index (κ3) is 2.62. The highest BCUT2D eigenvalue weighted by Crippen LogP contribution is 2.24. The van der Waals surface area contributed by atoms with Gasteiger partial charge in [-0.05, 0) is 39.4 Å². The van der Waals surface area contributed by atoms with Gasteiger partial charge in [0.1, 0.15) is 5.82 Å². The van der Waals surface area contributed by atoms with E-state index < -0.39 is 0 Å². The van der Waals surface area contributed by atoms with Crippen LogP contribution in [-0.4, -0.2) is 42.1 Å². The number of hydrogen-bond acceptors (Lipinski definition) is 3. The Bertz CT molecular complexity index is 431. The summed E-state index contributed by atoms with van der Waals surface area (Å²) >= 11 is 5.87. The maximum Gasteiger partial charge on any atom is 0.128 e. The lowest BCUT2D eigenvalue weighted by atomic mass is 10.00. The number of halogens is 1. The number of pyridine rings is 1. The van der Waals surface area contributed by atoms with Gasteiger partial charge >= 0.3 is 0 Å². The number of alkyl halides is 1. The van der Waals surface area contributed by atoms with Crippen LogP contribution in [0.5, 0.6) is 0 Å². The highest BCUT2D eigenvalue weighted by Gasteiger charge is 2.31. The van der Waals surface area contributed by atoms with E-state index in [4.69, 9.17) is 11.6 Å². The van der Waals surface area contributed by atoms with Crippen LogP contribution in [0.2, 0.25) is 0 Å². The van der Waals surface area contributed by atoms with Gasteiger partial charge in [-0.1, -0.05) is 6.07 Å². The number of nitrogens with zero attached hydrogens (tertiary/aromatic N) is 3. The van der Waals surface area contributed by atoms with Gasteiger partial charge in [-0.2, -0.15) is 0 Å². The number of aryl methyl sites for hydroxylation is 1. The van der Waals surface area contributed by atoms with Gasteiger partial charge in [0.15, 0.2) is 0 Å². The largest absolute Gasteiger partial charge is 0.353 e. The van der Waals surface area contributed by atoms with Crippen molar-refractivity contribution in [2.24, 2.45) is 0 Å². The van der Waals surface area contributed by atoms with Crippen molar-refractivity contribution in [1.82, 2.24) is 9.88 Å². The molecular formula is C14H22ClN3. The highest BCUT2D eigenvalue weighted by molar-refractivity contribution is 6.17. The lowest BCUT2D eigenvalue weighted by Crippen LogP contribution is -2.57. The van der Waals surface area contributed by atoms with Gasteiger partial charge in [0.2, 0.25) is 0 Å². The summed E-state index contributed by atoms with van der Waals surface area (Å²) in [5.41, 5.74) is 2.35. The second-order valence-electron chi connectivity index (χ2n) is 5.70. The molecule has 0 N–H and O–H groups in total. The first kappa shape index (κ1) is 13.6. The van der Waals surface area contributed by atoms with Gasteiger partial charge in [0.25, 0.3) is 0 Å². The number of anilines is 1. The number of likely N-dealkylation sites (N-methyl/N-ethyl adjacent to an activating group) is 1. The first-order chi connectivity index (χ1) is 8.44. The predicted molar refractivity (Wildman–Crippen MR) is 77.5 cm³/mol. The van der Waals surface area contributed by atoms with E-state index in [9.17, 15) is 0 Å². The summed E-state index contributed by atoms with van der Waals surface area (Å²) in [5.74, 6) is 1.61. The fourth-order valence-corrected chi connectivity index (χ4v) is 2.61. The minimum atomic E-state index is 0.193. The van der Waals surface area contributed by atoms with Crippen molar-refractivity contribution in [1.29, 1.82) is 0 Å². The van der Waals surface area contributed by atoms with E-state index in [1.54, 1.807) is 0 Å². The van der Waals surface area contributed by atoms with Crippen molar-refractivity contribution in [3.63, 3.8) is 0 Å². The van der Waals surface area contributed by atoms with E-state index in [0.717, 1.165) is 36.7 Å². The van der Waals surface area contributed by atoms with Crippen molar-refractivity contribution in [3.05, 3.63) is 23.4 Å². The summed E-state index contributed by atoms with van der Waals surface area (Å²) in [6.07, 6.45) is 0. The van der Waals surface area contributed by atoms with Crippen LogP contribution in [-0.2, 0) is 5.88 Å². The number of piperazine rings is 1. The zero-order valence-corrected chi connectivity index (χ0v) is 12.5. The van der Waals surface area contributed by atoms with Crippen molar-refractivity contribution < 1.29 is 0 Å². The molecular weight excluding hydrogens is 246 g/mol. The molecule has 18 heavy (non-hydrogen) atoms. The van der Waals surface area contributed by atoms with Crippen molar-refractivity contribution in [2.75, 3.05) is 31.6 Å². The van der Waals surface area contributed by atoms with Gasteiger partial charge in [-0.25, -0.2) is 4.98 Å². The Morgan fingerprint density at radius 3 is 2.61 bits per heavy atom. The van der Waals surface area contributed by atoms with Gasteiger partial charge in [0, 0.05) is 36.7 Å². The van der Waals surface area contributed by atoms with Crippen LogP contribution < -0.4 is 4.90 Å². The van der Waals surface area contributed by atoms with Crippen LogP contribution in [0.15, 0.2) is 12.1 Å². The van der Waals surface area contributed by atoms with Gasteiger partial charge < -0.3 is 4.90 Å². The standard InChI is InChI=1S/C14H22ClN3/c1-11-12(9-15)5-6-13(16-11)18-8-7-17(4)14(2,3)10-18/h5-6H,7-10H2,1-4H3. The lowest BCUT2D eigenvalue weighted by Gasteiger charge is -2.45. The summed E-state index contributed by atoms with van der Waals surface area (Å²) < 4.78 is 0. The fourth-order valence-electron chi connectivity index (χ4n) is 2.33. The average molecular weight is 268 g/mol. The van der Waals surface area contributed by atoms with Gasteiger partial charge in [0.05, 0.1) is 0 Å². The molecule has 100 valence electrons. The maximum absolute atomic E-state index is 5.87. The molecule has 0 saturated carbocycles.